The molecule has 1 aromatic heterocycles. The molecule has 0 aliphatic carbocycles. The van der Waals surface area contributed by atoms with E-state index in [9.17, 15) is 23.3 Å². The Hall–Kier alpha value is -0.930. The maximum Gasteiger partial charge on any atom is 0.400 e. The number of nitrogens with zero attached hydrogens (tertiary/aromatic N) is 2. The Morgan fingerprint density at radius 1 is 1.57 bits per heavy atom. The van der Waals surface area contributed by atoms with Crippen LogP contribution in [0.25, 0.3) is 0 Å². The molecule has 0 unspecified atom stereocenters. The van der Waals surface area contributed by atoms with E-state index in [4.69, 9.17) is 0 Å². The molecule has 76 valence electrons. The highest BCUT2D eigenvalue weighted by Crippen LogP contribution is 2.27. The van der Waals surface area contributed by atoms with Crippen molar-refractivity contribution in [2.75, 3.05) is 0 Å². The average molecular weight is 318 g/mol. The van der Waals surface area contributed by atoms with E-state index >= 15 is 0 Å². The predicted molar refractivity (Wildman–Crippen MR) is 48.5 cm³/mol. The van der Waals surface area contributed by atoms with Gasteiger partial charge in [-0.2, -0.15) is 4.39 Å². The van der Waals surface area contributed by atoms with E-state index in [0.717, 1.165) is 0 Å². The minimum absolute atomic E-state index is 0.272. The Morgan fingerprint density at radius 2 is 2.14 bits per heavy atom. The fourth-order valence-corrected chi connectivity index (χ4v) is 1.37. The second-order valence-corrected chi connectivity index (χ2v) is 3.25. The number of nitro groups is 1. The summed E-state index contributed by atoms with van der Waals surface area (Å²) in [6.07, 6.45) is -2.90. The van der Waals surface area contributed by atoms with E-state index in [2.05, 4.69) is 4.98 Å². The van der Waals surface area contributed by atoms with Crippen molar-refractivity contribution in [3.05, 3.63) is 31.3 Å². The summed E-state index contributed by atoms with van der Waals surface area (Å²) in [5.74, 6) is -2.40. The zero-order valence-corrected chi connectivity index (χ0v) is 8.53. The fourth-order valence-electron chi connectivity index (χ4n) is 0.753. The van der Waals surface area contributed by atoms with Gasteiger partial charge >= 0.3 is 5.82 Å². The Kier molecular flexibility index (Phi) is 3.24. The lowest BCUT2D eigenvalue weighted by molar-refractivity contribution is -0.392. The maximum atomic E-state index is 12.8. The summed E-state index contributed by atoms with van der Waals surface area (Å²) in [5, 5.41) is 10.2. The van der Waals surface area contributed by atoms with Crippen molar-refractivity contribution in [3.8, 4) is 0 Å². The Balaban J connectivity index is 3.31. The van der Waals surface area contributed by atoms with Crippen LogP contribution in [0.15, 0.2) is 6.07 Å². The number of halogens is 4. The topological polar surface area (TPSA) is 56.0 Å². The molecule has 0 aliphatic rings. The molecule has 8 heteroatoms. The standard InChI is InChI=1S/C6H2F3IN2O2/c7-3-1-2(4(8)9)5(10)11-6(3)12(13)14/h1,4H. The lowest BCUT2D eigenvalue weighted by atomic mass is 10.3. The van der Waals surface area contributed by atoms with Gasteiger partial charge in [-0.1, -0.05) is 0 Å². The van der Waals surface area contributed by atoms with Crippen molar-refractivity contribution in [1.29, 1.82) is 0 Å². The van der Waals surface area contributed by atoms with Crippen LogP contribution < -0.4 is 0 Å². The fraction of sp³-hybridized carbons (Fsp3) is 0.167. The molecule has 1 heterocycles. The largest absolute Gasteiger partial charge is 0.400 e. The van der Waals surface area contributed by atoms with Crippen molar-refractivity contribution in [3.63, 3.8) is 0 Å². The third-order valence-electron chi connectivity index (χ3n) is 1.35. The van der Waals surface area contributed by atoms with Gasteiger partial charge in [-0.3, -0.25) is 0 Å². The highest BCUT2D eigenvalue weighted by Gasteiger charge is 2.24. The molecule has 0 fully saturated rings. The molecular formula is C6H2F3IN2O2. The van der Waals surface area contributed by atoms with Crippen LogP contribution in [-0.4, -0.2) is 9.91 Å². The van der Waals surface area contributed by atoms with Gasteiger partial charge in [0.15, 0.2) is 0 Å². The first-order valence-corrected chi connectivity index (χ1v) is 4.30. The van der Waals surface area contributed by atoms with E-state index in [-0.39, 0.29) is 3.70 Å². The van der Waals surface area contributed by atoms with Gasteiger partial charge in [-0.05, 0) is 16.0 Å². The normalized spacial score (nSPS) is 10.6. The molecule has 0 saturated heterocycles. The van der Waals surface area contributed by atoms with Crippen molar-refractivity contribution < 1.29 is 18.1 Å². The molecule has 1 rings (SSSR count). The van der Waals surface area contributed by atoms with Crippen molar-refractivity contribution in [2.45, 2.75) is 6.43 Å². The molecule has 0 bridgehead atoms. The summed E-state index contributed by atoms with van der Waals surface area (Å²) in [6, 6.07) is 0.428. The molecule has 0 radical (unpaired) electrons. The number of rotatable bonds is 2. The van der Waals surface area contributed by atoms with E-state index in [1.807, 2.05) is 0 Å². The van der Waals surface area contributed by atoms with Gasteiger partial charge in [0.1, 0.15) is 0 Å². The van der Waals surface area contributed by atoms with Gasteiger partial charge in [-0.25, -0.2) is 8.78 Å². The molecule has 1 aromatic rings. The Bertz CT molecular complexity index is 386. The summed E-state index contributed by atoms with van der Waals surface area (Å²) in [7, 11) is 0. The van der Waals surface area contributed by atoms with E-state index in [1.54, 1.807) is 0 Å². The van der Waals surface area contributed by atoms with E-state index in [0.29, 0.717) is 6.07 Å². The number of hydrogen-bond donors (Lipinski definition) is 0. The van der Waals surface area contributed by atoms with Crippen LogP contribution in [0.2, 0.25) is 0 Å². The zero-order chi connectivity index (χ0) is 10.9. The quantitative estimate of drug-likeness (QED) is 0.365. The van der Waals surface area contributed by atoms with Crippen LogP contribution in [0.5, 0.6) is 0 Å². The minimum atomic E-state index is -2.90. The SMILES string of the molecule is O=[N+]([O-])c1nc(I)c(C(F)F)cc1F. The summed E-state index contributed by atoms with van der Waals surface area (Å²) >= 11 is 1.39. The van der Waals surface area contributed by atoms with Gasteiger partial charge in [0.05, 0.1) is 5.56 Å². The minimum Gasteiger partial charge on any atom is -0.358 e. The molecule has 4 nitrogen and oxygen atoms in total. The van der Waals surface area contributed by atoms with Gasteiger partial charge in [0.25, 0.3) is 6.43 Å². The Labute approximate surface area is 89.4 Å². The van der Waals surface area contributed by atoms with Crippen molar-refractivity contribution in [1.82, 2.24) is 4.98 Å². The van der Waals surface area contributed by atoms with Crippen LogP contribution in [0, 0.1) is 19.6 Å². The monoisotopic (exact) mass is 318 g/mol. The van der Waals surface area contributed by atoms with Crippen molar-refractivity contribution >= 4 is 28.4 Å². The molecule has 0 amide bonds. The maximum absolute atomic E-state index is 12.8. The van der Waals surface area contributed by atoms with Crippen LogP contribution >= 0.6 is 22.6 Å². The summed E-state index contributed by atoms with van der Waals surface area (Å²) < 4.78 is 36.8. The third-order valence-corrected chi connectivity index (χ3v) is 2.21. The molecule has 0 N–H and O–H groups in total. The second kappa shape index (κ2) is 4.07. The third kappa shape index (κ3) is 2.11. The van der Waals surface area contributed by atoms with Crippen LogP contribution in [-0.2, 0) is 0 Å². The molecule has 0 aliphatic heterocycles. The first-order chi connectivity index (χ1) is 6.43. The molecule has 0 atom stereocenters. The first-order valence-electron chi connectivity index (χ1n) is 3.22. The average Bonchev–Trinajstić information content (AvgIpc) is 2.07. The van der Waals surface area contributed by atoms with Crippen molar-refractivity contribution in [2.24, 2.45) is 0 Å². The molecule has 14 heavy (non-hydrogen) atoms. The highest BCUT2D eigenvalue weighted by atomic mass is 127. The van der Waals surface area contributed by atoms with Crippen LogP contribution in [0.4, 0.5) is 19.0 Å². The smallest absolute Gasteiger partial charge is 0.358 e. The van der Waals surface area contributed by atoms with Gasteiger partial charge in [0, 0.05) is 22.6 Å². The summed E-state index contributed by atoms with van der Waals surface area (Å²) in [5.41, 5.74) is -0.645. The zero-order valence-electron chi connectivity index (χ0n) is 6.38. The van der Waals surface area contributed by atoms with Gasteiger partial charge in [0.2, 0.25) is 9.52 Å². The number of pyridine rings is 1. The molecule has 0 spiro atoms. The number of aromatic nitrogens is 1. The van der Waals surface area contributed by atoms with Crippen LogP contribution in [0.3, 0.4) is 0 Å². The highest BCUT2D eigenvalue weighted by molar-refractivity contribution is 14.1. The van der Waals surface area contributed by atoms with E-state index < -0.39 is 28.5 Å². The lowest BCUT2D eigenvalue weighted by Crippen LogP contribution is -2.02. The molecule has 0 saturated carbocycles. The molecule has 0 aromatic carbocycles. The second-order valence-electron chi connectivity index (χ2n) is 2.23. The van der Waals surface area contributed by atoms with E-state index in [1.165, 1.54) is 22.6 Å². The van der Waals surface area contributed by atoms with Gasteiger partial charge in [-0.15, -0.1) is 0 Å². The predicted octanol–water partition coefficient (Wildman–Crippen LogP) is 2.67. The number of alkyl halides is 2. The summed E-state index contributed by atoms with van der Waals surface area (Å²) in [4.78, 5) is 12.2. The van der Waals surface area contributed by atoms with Gasteiger partial charge < -0.3 is 10.1 Å². The number of hydrogen-bond acceptors (Lipinski definition) is 3. The molecular weight excluding hydrogens is 316 g/mol. The first kappa shape index (κ1) is 11.1. The summed E-state index contributed by atoms with van der Waals surface area (Å²) in [6.45, 7) is 0. The Morgan fingerprint density at radius 3 is 2.57 bits per heavy atom. The lowest BCUT2D eigenvalue weighted by Gasteiger charge is -2.00. The van der Waals surface area contributed by atoms with Crippen LogP contribution in [0.1, 0.15) is 12.0 Å².